The number of anilines is 2. The largest absolute Gasteiger partial charge is 0.417 e. The molecule has 0 saturated carbocycles. The molecule has 0 unspecified atom stereocenters. The van der Waals surface area contributed by atoms with Crippen molar-refractivity contribution in [1.29, 1.82) is 0 Å². The molecule has 2 aromatic heterocycles. The molecule has 0 bridgehead atoms. The van der Waals surface area contributed by atoms with Crippen LogP contribution in [0.2, 0.25) is 0 Å². The highest BCUT2D eigenvalue weighted by Crippen LogP contribution is 2.33. The van der Waals surface area contributed by atoms with Crippen LogP contribution in [0.4, 0.5) is 24.5 Å². The van der Waals surface area contributed by atoms with Crippen LogP contribution in [-0.2, 0) is 17.5 Å². The van der Waals surface area contributed by atoms with Crippen molar-refractivity contribution in [2.45, 2.75) is 12.8 Å². The summed E-state index contributed by atoms with van der Waals surface area (Å²) in [7, 11) is 1.48. The lowest BCUT2D eigenvalue weighted by molar-refractivity contribution is -0.137. The van der Waals surface area contributed by atoms with E-state index in [9.17, 15) is 22.8 Å². The Kier molecular flexibility index (Phi) is 7.62. The summed E-state index contributed by atoms with van der Waals surface area (Å²) in [6, 6.07) is 12.4. The second-order valence-electron chi connectivity index (χ2n) is 7.93. The minimum absolute atomic E-state index is 0. The third-order valence-corrected chi connectivity index (χ3v) is 5.97. The van der Waals surface area contributed by atoms with Gasteiger partial charge in [-0.05, 0) is 36.4 Å². The van der Waals surface area contributed by atoms with Gasteiger partial charge in [-0.2, -0.15) is 21.9 Å². The lowest BCUT2D eigenvalue weighted by atomic mass is 10.1. The van der Waals surface area contributed by atoms with Crippen LogP contribution in [-0.4, -0.2) is 37.6 Å². The molecule has 0 radical (unpaired) electrons. The van der Waals surface area contributed by atoms with Gasteiger partial charge in [-0.15, -0.1) is 12.4 Å². The first-order valence-corrected chi connectivity index (χ1v) is 11.5. The molecule has 0 saturated heterocycles. The number of amides is 2. The molecular formula is C24H18ClF3N6O3S. The molecule has 196 valence electrons. The first kappa shape index (κ1) is 27.0. The van der Waals surface area contributed by atoms with Crippen LogP contribution in [0.25, 0.3) is 22.1 Å². The van der Waals surface area contributed by atoms with Crippen molar-refractivity contribution < 1.29 is 27.5 Å². The quantitative estimate of drug-likeness (QED) is 0.245. The van der Waals surface area contributed by atoms with E-state index in [-0.39, 0.29) is 30.3 Å². The van der Waals surface area contributed by atoms with E-state index in [0.717, 1.165) is 23.9 Å². The van der Waals surface area contributed by atoms with Gasteiger partial charge in [0.1, 0.15) is 29.0 Å². The van der Waals surface area contributed by atoms with Crippen molar-refractivity contribution in [2.75, 3.05) is 17.7 Å². The fourth-order valence-electron chi connectivity index (χ4n) is 3.84. The Morgan fingerprint density at radius 3 is 2.50 bits per heavy atom. The second-order valence-corrected chi connectivity index (χ2v) is 8.45. The molecule has 2 amide bonds. The number of H-pyrrole nitrogens is 1. The number of aromatic amines is 1. The summed E-state index contributed by atoms with van der Waals surface area (Å²) in [5, 5.41) is 5.25. The number of nitrogens with zero attached hydrogens (tertiary/aromatic N) is 3. The Morgan fingerprint density at radius 2 is 1.74 bits per heavy atom. The molecular weight excluding hydrogens is 545 g/mol. The molecule has 5 aromatic rings. The van der Waals surface area contributed by atoms with E-state index in [2.05, 4.69) is 29.3 Å². The maximum absolute atomic E-state index is 13.4. The molecule has 5 rings (SSSR count). The van der Waals surface area contributed by atoms with Crippen LogP contribution in [0.5, 0.6) is 0 Å². The molecule has 0 fully saturated rings. The van der Waals surface area contributed by atoms with E-state index >= 15 is 0 Å². The van der Waals surface area contributed by atoms with E-state index < -0.39 is 29.1 Å². The smallest absolute Gasteiger partial charge is 0.377 e. The van der Waals surface area contributed by atoms with Crippen molar-refractivity contribution in [2.24, 2.45) is 0 Å². The highest BCUT2D eigenvalue weighted by Gasteiger charge is 2.35. The van der Waals surface area contributed by atoms with Gasteiger partial charge < -0.3 is 20.4 Å². The van der Waals surface area contributed by atoms with E-state index in [1.165, 1.54) is 31.4 Å². The number of hydrogen-bond acceptors (Lipinski definition) is 7. The molecule has 3 aromatic carbocycles. The average molecular weight is 563 g/mol. The van der Waals surface area contributed by atoms with Crippen molar-refractivity contribution >= 4 is 69.4 Å². The highest BCUT2D eigenvalue weighted by molar-refractivity contribution is 7.00. The second kappa shape index (κ2) is 10.7. The summed E-state index contributed by atoms with van der Waals surface area (Å²) in [5.41, 5.74) is 0.775. The standard InChI is InChI=1S/C24H17F3N6O3S.ClH/c1-36-11-19-29-18-10-12(28-22(34)13-5-2-3-6-15(13)24(25,26)27)9-14(20(18)31-19)23(35)30-16-7-4-8-17-21(16)33-37-32-17;/h2-10H,11H2,1H3,(H,28,34)(H,29,31)(H,30,35);1H. The Morgan fingerprint density at radius 1 is 0.974 bits per heavy atom. The molecule has 14 heteroatoms. The molecule has 0 atom stereocenters. The zero-order valence-electron chi connectivity index (χ0n) is 19.4. The predicted molar refractivity (Wildman–Crippen MR) is 139 cm³/mol. The van der Waals surface area contributed by atoms with Crippen LogP contribution in [0.3, 0.4) is 0 Å². The predicted octanol–water partition coefficient (Wildman–Crippen LogP) is 5.66. The first-order valence-electron chi connectivity index (χ1n) is 10.8. The van der Waals surface area contributed by atoms with Gasteiger partial charge >= 0.3 is 6.18 Å². The Hall–Kier alpha value is -4.07. The van der Waals surface area contributed by atoms with Gasteiger partial charge in [-0.3, -0.25) is 9.59 Å². The number of hydrogen-bond donors (Lipinski definition) is 3. The van der Waals surface area contributed by atoms with Crippen LogP contribution in [0.1, 0.15) is 32.1 Å². The number of carbonyl (C=O) groups is 2. The van der Waals surface area contributed by atoms with Gasteiger partial charge in [0.05, 0.1) is 39.6 Å². The van der Waals surface area contributed by atoms with Crippen molar-refractivity contribution in [3.05, 3.63) is 77.1 Å². The summed E-state index contributed by atoms with van der Waals surface area (Å²) in [5.74, 6) is -1.12. The molecule has 0 aliphatic rings. The topological polar surface area (TPSA) is 122 Å². The molecule has 0 aliphatic heterocycles. The molecule has 2 heterocycles. The number of carbonyl (C=O) groups excluding carboxylic acids is 2. The average Bonchev–Trinajstić information content (AvgIpc) is 3.50. The van der Waals surface area contributed by atoms with Crippen molar-refractivity contribution in [3.63, 3.8) is 0 Å². The number of aromatic nitrogens is 4. The maximum atomic E-state index is 13.4. The van der Waals surface area contributed by atoms with E-state index in [1.54, 1.807) is 18.2 Å². The minimum atomic E-state index is -4.72. The Labute approximate surface area is 223 Å². The number of nitrogens with one attached hydrogen (secondary N) is 3. The number of imidazole rings is 1. The van der Waals surface area contributed by atoms with E-state index in [4.69, 9.17) is 4.74 Å². The number of rotatable bonds is 6. The first-order chi connectivity index (χ1) is 17.7. The van der Waals surface area contributed by atoms with Crippen LogP contribution in [0.15, 0.2) is 54.6 Å². The molecule has 3 N–H and O–H groups in total. The third-order valence-electron chi connectivity index (χ3n) is 5.43. The van der Waals surface area contributed by atoms with Gasteiger partial charge in [0.15, 0.2) is 0 Å². The fourth-order valence-corrected chi connectivity index (χ4v) is 4.39. The number of fused-ring (bicyclic) bond motifs is 2. The number of benzene rings is 3. The monoisotopic (exact) mass is 562 g/mol. The minimum Gasteiger partial charge on any atom is -0.377 e. The summed E-state index contributed by atoms with van der Waals surface area (Å²) in [6.45, 7) is 0.125. The third kappa shape index (κ3) is 5.30. The zero-order chi connectivity index (χ0) is 26.2. The highest BCUT2D eigenvalue weighted by atomic mass is 35.5. The lowest BCUT2D eigenvalue weighted by Crippen LogP contribution is -2.19. The molecule has 0 aliphatic carbocycles. The SMILES string of the molecule is COCc1nc2c(C(=O)Nc3cccc4nsnc34)cc(NC(=O)c3ccccc3C(F)(F)F)cc2[nH]1.Cl. The van der Waals surface area contributed by atoms with Crippen molar-refractivity contribution in [3.8, 4) is 0 Å². The Balaban J connectivity index is 0.00000336. The van der Waals surface area contributed by atoms with Crippen molar-refractivity contribution in [1.82, 2.24) is 18.7 Å². The van der Waals surface area contributed by atoms with E-state index in [0.29, 0.717) is 33.6 Å². The Bertz CT molecular complexity index is 1650. The number of alkyl halides is 3. The van der Waals surface area contributed by atoms with Gasteiger partial charge in [0.25, 0.3) is 11.8 Å². The van der Waals surface area contributed by atoms with Crippen LogP contribution in [0, 0.1) is 0 Å². The van der Waals surface area contributed by atoms with Crippen LogP contribution >= 0.6 is 24.1 Å². The normalized spacial score (nSPS) is 11.4. The van der Waals surface area contributed by atoms with Gasteiger partial charge in [0, 0.05) is 12.8 Å². The van der Waals surface area contributed by atoms with Gasteiger partial charge in [0.2, 0.25) is 0 Å². The van der Waals surface area contributed by atoms with Gasteiger partial charge in [-0.1, -0.05) is 18.2 Å². The van der Waals surface area contributed by atoms with Gasteiger partial charge in [-0.25, -0.2) is 4.98 Å². The molecule has 9 nitrogen and oxygen atoms in total. The summed E-state index contributed by atoms with van der Waals surface area (Å²) >= 11 is 1.00. The summed E-state index contributed by atoms with van der Waals surface area (Å²) in [4.78, 5) is 33.6. The number of ether oxygens (including phenoxy) is 1. The lowest BCUT2D eigenvalue weighted by Gasteiger charge is -2.13. The zero-order valence-corrected chi connectivity index (χ0v) is 21.1. The number of methoxy groups -OCH3 is 1. The fraction of sp³-hybridized carbons (Fsp3) is 0.125. The maximum Gasteiger partial charge on any atom is 0.417 e. The van der Waals surface area contributed by atoms with E-state index in [1.807, 2.05) is 0 Å². The molecule has 0 spiro atoms. The summed E-state index contributed by atoms with van der Waals surface area (Å²) < 4.78 is 53.7. The molecule has 38 heavy (non-hydrogen) atoms. The van der Waals surface area contributed by atoms with Crippen LogP contribution < -0.4 is 10.6 Å². The summed E-state index contributed by atoms with van der Waals surface area (Å²) in [6.07, 6.45) is -4.72. The number of halogens is 4.